The molecule has 1 saturated heterocycles. The Morgan fingerprint density at radius 1 is 0.733 bits per heavy atom. The third kappa shape index (κ3) is 19.9. The van der Waals surface area contributed by atoms with E-state index in [1.807, 2.05) is 13.0 Å². The summed E-state index contributed by atoms with van der Waals surface area (Å²) in [6.45, 7) is 3.02. The summed E-state index contributed by atoms with van der Waals surface area (Å²) in [5.41, 5.74) is 0. The van der Waals surface area contributed by atoms with Gasteiger partial charge in [0, 0.05) is 12.8 Å². The van der Waals surface area contributed by atoms with Crippen molar-refractivity contribution in [1.82, 2.24) is 0 Å². The second-order valence-corrected chi connectivity index (χ2v) is 11.6. The largest absolute Gasteiger partial charge is 0.462 e. The summed E-state index contributed by atoms with van der Waals surface area (Å²) < 4.78 is 21.9. The zero-order chi connectivity index (χ0) is 33.1. The van der Waals surface area contributed by atoms with E-state index in [2.05, 4.69) is 37.3 Å². The molecular weight excluding hydrogens is 580 g/mol. The fourth-order valence-electron chi connectivity index (χ4n) is 4.87. The van der Waals surface area contributed by atoms with Gasteiger partial charge in [-0.2, -0.15) is 0 Å². The minimum atomic E-state index is -1.60. The van der Waals surface area contributed by atoms with Crippen molar-refractivity contribution in [3.05, 3.63) is 36.5 Å². The van der Waals surface area contributed by atoms with Crippen molar-refractivity contribution in [3.8, 4) is 0 Å². The summed E-state index contributed by atoms with van der Waals surface area (Å²) in [4.78, 5) is 25.0. The minimum absolute atomic E-state index is 0.213. The molecule has 0 aromatic carbocycles. The molecule has 0 bridgehead atoms. The first-order valence-electron chi connectivity index (χ1n) is 17.0. The van der Waals surface area contributed by atoms with Crippen molar-refractivity contribution >= 4 is 11.9 Å². The van der Waals surface area contributed by atoms with Crippen molar-refractivity contribution in [2.24, 2.45) is 0 Å². The molecule has 0 radical (unpaired) electrons. The Morgan fingerprint density at radius 3 is 1.98 bits per heavy atom. The average molecular weight is 641 g/mol. The normalized spacial score (nSPS) is 22.8. The Morgan fingerprint density at radius 2 is 1.33 bits per heavy atom. The topological polar surface area (TPSA) is 152 Å². The number of carbonyl (C=O) groups excluding carboxylic acids is 2. The Bertz CT molecular complexity index is 840. The molecule has 0 aliphatic carbocycles. The van der Waals surface area contributed by atoms with Gasteiger partial charge in [0.1, 0.15) is 31.0 Å². The molecule has 1 aliphatic heterocycles. The molecule has 10 nitrogen and oxygen atoms in total. The average Bonchev–Trinajstić information content (AvgIpc) is 3.03. The lowest BCUT2D eigenvalue weighted by atomic mass is 9.99. The standard InChI is InChI=1S/C35H60O10/c1-3-5-7-9-11-13-14-15-16-18-19-21-23-30(37)42-26-28(44-31(38)24-22-20-17-12-10-8-6-4-2)27-43-35-34(41)33(40)32(39)29(25-36)45-35/h4-7,11,13,28-29,32-36,39-41H,3,8-10,12,14-27H2,1-2H3/b6-4+,7-5+,13-11+/t28-,29-,32+,33+,34-,35-/m1/s1. The van der Waals surface area contributed by atoms with Gasteiger partial charge in [0.05, 0.1) is 13.2 Å². The first-order chi connectivity index (χ1) is 21.8. The predicted octanol–water partition coefficient (Wildman–Crippen LogP) is 5.21. The van der Waals surface area contributed by atoms with Crippen LogP contribution in [0.2, 0.25) is 0 Å². The number of aliphatic hydroxyl groups excluding tert-OH is 4. The van der Waals surface area contributed by atoms with Crippen LogP contribution in [-0.4, -0.2) is 89.0 Å². The lowest BCUT2D eigenvalue weighted by molar-refractivity contribution is -0.305. The summed E-state index contributed by atoms with van der Waals surface area (Å²) in [7, 11) is 0. The fraction of sp³-hybridized carbons (Fsp3) is 0.771. The zero-order valence-corrected chi connectivity index (χ0v) is 27.6. The Hall–Kier alpha value is -2.08. The van der Waals surface area contributed by atoms with Crippen molar-refractivity contribution in [3.63, 3.8) is 0 Å². The highest BCUT2D eigenvalue weighted by atomic mass is 16.7. The number of esters is 2. The van der Waals surface area contributed by atoms with Gasteiger partial charge in [0.2, 0.25) is 0 Å². The number of hydrogen-bond acceptors (Lipinski definition) is 10. The van der Waals surface area contributed by atoms with E-state index in [9.17, 15) is 30.0 Å². The number of allylic oxidation sites excluding steroid dienone is 6. The highest BCUT2D eigenvalue weighted by molar-refractivity contribution is 5.70. The zero-order valence-electron chi connectivity index (χ0n) is 27.6. The molecule has 45 heavy (non-hydrogen) atoms. The van der Waals surface area contributed by atoms with Crippen molar-refractivity contribution in [2.75, 3.05) is 19.8 Å². The highest BCUT2D eigenvalue weighted by Crippen LogP contribution is 2.22. The van der Waals surface area contributed by atoms with E-state index >= 15 is 0 Å². The van der Waals surface area contributed by atoms with Crippen LogP contribution in [0.1, 0.15) is 117 Å². The van der Waals surface area contributed by atoms with E-state index in [1.54, 1.807) is 0 Å². The van der Waals surface area contributed by atoms with Crippen LogP contribution in [0, 0.1) is 0 Å². The summed E-state index contributed by atoms with van der Waals surface area (Å²) in [5.74, 6) is -0.848. The van der Waals surface area contributed by atoms with Crippen LogP contribution in [0.4, 0.5) is 0 Å². The van der Waals surface area contributed by atoms with Crippen molar-refractivity contribution < 1.29 is 49.0 Å². The van der Waals surface area contributed by atoms with Crippen LogP contribution in [0.25, 0.3) is 0 Å². The number of ether oxygens (including phenoxy) is 4. The molecule has 10 heteroatoms. The van der Waals surface area contributed by atoms with E-state index in [0.29, 0.717) is 12.8 Å². The second kappa shape index (κ2) is 27.1. The lowest BCUT2D eigenvalue weighted by Crippen LogP contribution is -2.59. The Kier molecular flexibility index (Phi) is 24.6. The summed E-state index contributed by atoms with van der Waals surface area (Å²) in [5, 5.41) is 39.7. The van der Waals surface area contributed by atoms with Crippen LogP contribution in [-0.2, 0) is 28.5 Å². The van der Waals surface area contributed by atoms with Gasteiger partial charge in [-0.25, -0.2) is 0 Å². The molecule has 0 saturated carbocycles. The molecule has 1 fully saturated rings. The molecular formula is C35H60O10. The van der Waals surface area contributed by atoms with Gasteiger partial charge in [-0.15, -0.1) is 0 Å². The van der Waals surface area contributed by atoms with Gasteiger partial charge in [0.15, 0.2) is 12.4 Å². The van der Waals surface area contributed by atoms with E-state index in [1.165, 1.54) is 0 Å². The molecule has 0 spiro atoms. The Labute approximate surface area is 270 Å². The second-order valence-electron chi connectivity index (χ2n) is 11.6. The summed E-state index contributed by atoms with van der Waals surface area (Å²) in [6, 6.07) is 0. The van der Waals surface area contributed by atoms with E-state index < -0.39 is 55.4 Å². The molecule has 1 rings (SSSR count). The molecule has 1 heterocycles. The fourth-order valence-corrected chi connectivity index (χ4v) is 4.87. The SMILES string of the molecule is C/C=C/CCCCCCCC(=O)O[C@H](COC(=O)CCCCCCC/C=C/C/C=C/CC)CO[C@@H]1O[C@H](CO)[C@H](O)[C@H](O)[C@H]1O. The molecule has 0 amide bonds. The van der Waals surface area contributed by atoms with Crippen LogP contribution < -0.4 is 0 Å². The molecule has 0 aromatic heterocycles. The van der Waals surface area contributed by atoms with Crippen molar-refractivity contribution in [1.29, 1.82) is 0 Å². The summed E-state index contributed by atoms with van der Waals surface area (Å²) in [6.07, 6.45) is 19.1. The van der Waals surface area contributed by atoms with Gasteiger partial charge < -0.3 is 39.4 Å². The first kappa shape index (κ1) is 40.9. The van der Waals surface area contributed by atoms with Crippen LogP contribution in [0.5, 0.6) is 0 Å². The first-order valence-corrected chi connectivity index (χ1v) is 17.0. The maximum Gasteiger partial charge on any atom is 0.306 e. The van der Waals surface area contributed by atoms with E-state index in [0.717, 1.165) is 77.0 Å². The van der Waals surface area contributed by atoms with Gasteiger partial charge in [-0.3, -0.25) is 9.59 Å². The third-order valence-corrected chi connectivity index (χ3v) is 7.60. The number of aliphatic hydroxyl groups is 4. The van der Waals surface area contributed by atoms with Gasteiger partial charge in [0.25, 0.3) is 0 Å². The number of rotatable bonds is 26. The molecule has 1 aliphatic rings. The number of hydrogen-bond donors (Lipinski definition) is 4. The molecule has 260 valence electrons. The molecule has 6 atom stereocenters. The lowest BCUT2D eigenvalue weighted by Gasteiger charge is -2.39. The predicted molar refractivity (Wildman–Crippen MR) is 173 cm³/mol. The van der Waals surface area contributed by atoms with E-state index in [4.69, 9.17) is 18.9 Å². The third-order valence-electron chi connectivity index (χ3n) is 7.60. The highest BCUT2D eigenvalue weighted by Gasteiger charge is 2.44. The van der Waals surface area contributed by atoms with Crippen LogP contribution >= 0.6 is 0 Å². The van der Waals surface area contributed by atoms with Gasteiger partial charge in [-0.05, 0) is 58.3 Å². The maximum absolute atomic E-state index is 12.6. The number of unbranched alkanes of at least 4 members (excludes halogenated alkanes) is 10. The van der Waals surface area contributed by atoms with E-state index in [-0.39, 0.29) is 26.1 Å². The quantitative estimate of drug-likeness (QED) is 0.0563. The molecule has 4 N–H and O–H groups in total. The smallest absolute Gasteiger partial charge is 0.306 e. The monoisotopic (exact) mass is 640 g/mol. The minimum Gasteiger partial charge on any atom is -0.462 e. The molecule has 0 unspecified atom stereocenters. The van der Waals surface area contributed by atoms with Gasteiger partial charge in [-0.1, -0.05) is 81.9 Å². The van der Waals surface area contributed by atoms with Crippen LogP contribution in [0.15, 0.2) is 36.5 Å². The maximum atomic E-state index is 12.6. The molecule has 0 aromatic rings. The van der Waals surface area contributed by atoms with Crippen molar-refractivity contribution in [2.45, 2.75) is 153 Å². The van der Waals surface area contributed by atoms with Crippen LogP contribution in [0.3, 0.4) is 0 Å². The number of carbonyl (C=O) groups is 2. The Balaban J connectivity index is 2.45. The van der Waals surface area contributed by atoms with Gasteiger partial charge >= 0.3 is 11.9 Å². The summed E-state index contributed by atoms with van der Waals surface area (Å²) >= 11 is 0.